The van der Waals surface area contributed by atoms with Gasteiger partial charge >= 0.3 is 0 Å². The fourth-order valence-corrected chi connectivity index (χ4v) is 4.53. The van der Waals surface area contributed by atoms with Gasteiger partial charge < -0.3 is 10.6 Å². The Bertz CT molecular complexity index is 963. The Morgan fingerprint density at radius 3 is 2.97 bits per heavy atom. The summed E-state index contributed by atoms with van der Waals surface area (Å²) in [6, 6.07) is 13.8. The second kappa shape index (κ2) is 9.52. The molecular weight excluding hydrogens is 370 g/mol. The molecule has 2 atom stereocenters. The van der Waals surface area contributed by atoms with Crippen molar-refractivity contribution >= 4 is 22.3 Å². The molecule has 0 radical (unpaired) electrons. The van der Waals surface area contributed by atoms with Gasteiger partial charge in [0.2, 0.25) is 0 Å². The zero-order valence-electron chi connectivity index (χ0n) is 18.5. The number of aromatic amines is 1. The Morgan fingerprint density at radius 1 is 1.23 bits per heavy atom. The maximum absolute atomic E-state index is 4.29. The molecule has 1 fully saturated rings. The number of H-pyrrole nitrogens is 1. The van der Waals surface area contributed by atoms with E-state index in [4.69, 9.17) is 0 Å². The number of aromatic nitrogens is 2. The van der Waals surface area contributed by atoms with E-state index >= 15 is 0 Å². The molecule has 1 aliphatic heterocycles. The van der Waals surface area contributed by atoms with Crippen molar-refractivity contribution in [1.29, 1.82) is 0 Å². The maximum Gasteiger partial charge on any atom is 0.0683 e. The van der Waals surface area contributed by atoms with Crippen molar-refractivity contribution in [3.8, 4) is 0 Å². The predicted molar refractivity (Wildman–Crippen MR) is 127 cm³/mol. The van der Waals surface area contributed by atoms with Crippen LogP contribution in [0.5, 0.6) is 0 Å². The first-order valence-corrected chi connectivity index (χ1v) is 11.4. The van der Waals surface area contributed by atoms with Crippen LogP contribution in [0, 0.1) is 5.92 Å². The molecule has 2 aromatic carbocycles. The molecule has 5 nitrogen and oxygen atoms in total. The normalized spacial score (nSPS) is 18.4. The third kappa shape index (κ3) is 4.96. The molecule has 5 heteroatoms. The summed E-state index contributed by atoms with van der Waals surface area (Å²) in [6.45, 7) is 7.84. The fourth-order valence-electron chi connectivity index (χ4n) is 4.53. The Hall–Kier alpha value is -2.53. The van der Waals surface area contributed by atoms with Gasteiger partial charge in [0.15, 0.2) is 0 Å². The van der Waals surface area contributed by atoms with E-state index in [1.165, 1.54) is 59.2 Å². The number of anilines is 2. The monoisotopic (exact) mass is 405 g/mol. The highest BCUT2D eigenvalue weighted by Gasteiger charge is 2.20. The summed E-state index contributed by atoms with van der Waals surface area (Å²) in [5, 5.41) is 15.8. The molecule has 30 heavy (non-hydrogen) atoms. The van der Waals surface area contributed by atoms with Crippen molar-refractivity contribution in [1.82, 2.24) is 15.1 Å². The van der Waals surface area contributed by atoms with E-state index in [-0.39, 0.29) is 0 Å². The SMILES string of the molecule is CCC(C)Cc1cc(NC2CCCN(Cc3cccc(NC)c3)C2)cc2cn[nH]c12. The van der Waals surface area contributed by atoms with Gasteiger partial charge in [-0.15, -0.1) is 0 Å². The molecular formula is C25H35N5. The van der Waals surface area contributed by atoms with Crippen molar-refractivity contribution in [2.45, 2.75) is 52.1 Å². The topological polar surface area (TPSA) is 56.0 Å². The summed E-state index contributed by atoms with van der Waals surface area (Å²) >= 11 is 0. The van der Waals surface area contributed by atoms with Gasteiger partial charge in [-0.05, 0) is 67.1 Å². The molecule has 160 valence electrons. The van der Waals surface area contributed by atoms with Crippen LogP contribution in [0.15, 0.2) is 42.6 Å². The number of benzene rings is 2. The zero-order valence-corrected chi connectivity index (χ0v) is 18.5. The largest absolute Gasteiger partial charge is 0.388 e. The van der Waals surface area contributed by atoms with Crippen molar-refractivity contribution in [2.24, 2.45) is 5.92 Å². The predicted octanol–water partition coefficient (Wildman–Crippen LogP) is 5.27. The molecule has 0 bridgehead atoms. The highest BCUT2D eigenvalue weighted by Crippen LogP contribution is 2.27. The molecule has 0 spiro atoms. The molecule has 2 unspecified atom stereocenters. The second-order valence-corrected chi connectivity index (χ2v) is 8.86. The number of hydrogen-bond donors (Lipinski definition) is 3. The Morgan fingerprint density at radius 2 is 2.13 bits per heavy atom. The van der Waals surface area contributed by atoms with Gasteiger partial charge in [0.05, 0.1) is 11.7 Å². The van der Waals surface area contributed by atoms with Gasteiger partial charge in [-0.3, -0.25) is 10.00 Å². The van der Waals surface area contributed by atoms with E-state index in [2.05, 4.69) is 76.0 Å². The van der Waals surface area contributed by atoms with Crippen molar-refractivity contribution in [2.75, 3.05) is 30.8 Å². The van der Waals surface area contributed by atoms with Gasteiger partial charge in [0, 0.05) is 42.9 Å². The van der Waals surface area contributed by atoms with Crippen LogP contribution in [0.2, 0.25) is 0 Å². The van der Waals surface area contributed by atoms with E-state index in [9.17, 15) is 0 Å². The van der Waals surface area contributed by atoms with Crippen LogP contribution >= 0.6 is 0 Å². The highest BCUT2D eigenvalue weighted by molar-refractivity contribution is 5.85. The lowest BCUT2D eigenvalue weighted by atomic mass is 9.96. The molecule has 1 saturated heterocycles. The lowest BCUT2D eigenvalue weighted by molar-refractivity contribution is 0.208. The van der Waals surface area contributed by atoms with Crippen LogP contribution in [0.1, 0.15) is 44.2 Å². The molecule has 0 aliphatic carbocycles. The number of likely N-dealkylation sites (tertiary alicyclic amines) is 1. The van der Waals surface area contributed by atoms with Crippen molar-refractivity contribution < 1.29 is 0 Å². The van der Waals surface area contributed by atoms with Gasteiger partial charge in [-0.2, -0.15) is 5.10 Å². The Labute approximate surface area is 180 Å². The third-order valence-corrected chi connectivity index (χ3v) is 6.39. The van der Waals surface area contributed by atoms with Gasteiger partial charge in [0.1, 0.15) is 0 Å². The Kier molecular flexibility index (Phi) is 6.58. The summed E-state index contributed by atoms with van der Waals surface area (Å²) in [7, 11) is 1.98. The second-order valence-electron chi connectivity index (χ2n) is 8.86. The summed E-state index contributed by atoms with van der Waals surface area (Å²) in [4.78, 5) is 2.58. The minimum absolute atomic E-state index is 0.479. The number of nitrogens with one attached hydrogen (secondary N) is 3. The first-order chi connectivity index (χ1) is 14.6. The average Bonchev–Trinajstić information content (AvgIpc) is 3.23. The highest BCUT2D eigenvalue weighted by atomic mass is 15.2. The van der Waals surface area contributed by atoms with Crippen LogP contribution in [0.4, 0.5) is 11.4 Å². The quantitative estimate of drug-likeness (QED) is 0.478. The average molecular weight is 406 g/mol. The molecule has 1 aliphatic rings. The first-order valence-electron chi connectivity index (χ1n) is 11.4. The summed E-state index contributed by atoms with van der Waals surface area (Å²) in [6.07, 6.45) is 6.68. The van der Waals surface area contributed by atoms with E-state index in [0.717, 1.165) is 19.5 Å². The van der Waals surface area contributed by atoms with Gasteiger partial charge in [-0.1, -0.05) is 32.4 Å². The summed E-state index contributed by atoms with van der Waals surface area (Å²) in [5.74, 6) is 0.672. The van der Waals surface area contributed by atoms with Crippen LogP contribution in [-0.2, 0) is 13.0 Å². The standard InChI is InChI=1S/C25H35N5/c1-4-18(2)11-20-13-24(14-21-15-27-29-25(20)21)28-23-9-6-10-30(17-23)16-19-7-5-8-22(12-19)26-3/h5,7-8,12-15,18,23,26,28H,4,6,9-11,16-17H2,1-3H3,(H,27,29). The number of piperidine rings is 1. The third-order valence-electron chi connectivity index (χ3n) is 6.39. The van der Waals surface area contributed by atoms with E-state index < -0.39 is 0 Å². The first kappa shape index (κ1) is 20.7. The minimum Gasteiger partial charge on any atom is -0.388 e. The number of rotatable bonds is 8. The lowest BCUT2D eigenvalue weighted by Gasteiger charge is -2.34. The molecule has 3 N–H and O–H groups in total. The van der Waals surface area contributed by atoms with E-state index in [1.807, 2.05) is 13.2 Å². The number of fused-ring (bicyclic) bond motifs is 1. The van der Waals surface area contributed by atoms with Crippen LogP contribution < -0.4 is 10.6 Å². The Balaban J connectivity index is 1.45. The van der Waals surface area contributed by atoms with Crippen LogP contribution in [0.3, 0.4) is 0 Å². The van der Waals surface area contributed by atoms with Crippen LogP contribution in [-0.4, -0.2) is 41.3 Å². The van der Waals surface area contributed by atoms with Crippen LogP contribution in [0.25, 0.3) is 10.9 Å². The molecule has 0 saturated carbocycles. The summed E-state index contributed by atoms with van der Waals surface area (Å²) in [5.41, 5.74) is 6.35. The van der Waals surface area contributed by atoms with Gasteiger partial charge in [0.25, 0.3) is 0 Å². The molecule has 3 aromatic rings. The molecule has 2 heterocycles. The molecule has 1 aromatic heterocycles. The zero-order chi connectivity index (χ0) is 20.9. The number of nitrogens with zero attached hydrogens (tertiary/aromatic N) is 2. The fraction of sp³-hybridized carbons (Fsp3) is 0.480. The smallest absolute Gasteiger partial charge is 0.0683 e. The lowest BCUT2D eigenvalue weighted by Crippen LogP contribution is -2.41. The minimum atomic E-state index is 0.479. The van der Waals surface area contributed by atoms with Crippen molar-refractivity contribution in [3.63, 3.8) is 0 Å². The van der Waals surface area contributed by atoms with Gasteiger partial charge in [-0.25, -0.2) is 0 Å². The molecule has 4 rings (SSSR count). The molecule has 0 amide bonds. The van der Waals surface area contributed by atoms with E-state index in [1.54, 1.807) is 0 Å². The summed E-state index contributed by atoms with van der Waals surface area (Å²) < 4.78 is 0. The maximum atomic E-state index is 4.29. The van der Waals surface area contributed by atoms with Crippen molar-refractivity contribution in [3.05, 3.63) is 53.7 Å². The number of hydrogen-bond acceptors (Lipinski definition) is 4. The van der Waals surface area contributed by atoms with E-state index in [0.29, 0.717) is 12.0 Å².